The van der Waals surface area contributed by atoms with E-state index in [2.05, 4.69) is 50.4 Å². The normalized spacial score (nSPS) is 13.3. The number of hydrogen-bond donors (Lipinski definition) is 1. The minimum Gasteiger partial charge on any atom is -0.459 e. The second kappa shape index (κ2) is 6.49. The fourth-order valence-electron chi connectivity index (χ4n) is 2.08. The van der Waals surface area contributed by atoms with Crippen molar-refractivity contribution in [2.24, 2.45) is 5.92 Å². The highest BCUT2D eigenvalue weighted by Crippen LogP contribution is 2.27. The molecule has 1 atom stereocenters. The first kappa shape index (κ1) is 14.5. The van der Waals surface area contributed by atoms with E-state index in [9.17, 15) is 0 Å². The standard InChI is InChI=1S/C16H23NOS/c1-11(2)9-19-10-14(17-4)16-8-13-7-12(3)5-6-15(13)18-16/h5-8,11,14,17H,9-10H2,1-4H3. The van der Waals surface area contributed by atoms with Gasteiger partial charge in [0.2, 0.25) is 0 Å². The lowest BCUT2D eigenvalue weighted by Crippen LogP contribution is -2.18. The molecule has 3 heteroatoms. The van der Waals surface area contributed by atoms with Crippen molar-refractivity contribution in [1.82, 2.24) is 5.32 Å². The van der Waals surface area contributed by atoms with Gasteiger partial charge in [-0.1, -0.05) is 25.5 Å². The molecule has 2 aromatic rings. The summed E-state index contributed by atoms with van der Waals surface area (Å²) in [4.78, 5) is 0. The lowest BCUT2D eigenvalue weighted by atomic mass is 10.1. The van der Waals surface area contributed by atoms with Crippen molar-refractivity contribution in [2.45, 2.75) is 26.8 Å². The molecule has 0 radical (unpaired) electrons. The smallest absolute Gasteiger partial charge is 0.134 e. The van der Waals surface area contributed by atoms with Crippen LogP contribution in [0.3, 0.4) is 0 Å². The molecule has 1 aromatic heterocycles. The molecular formula is C16H23NOS. The summed E-state index contributed by atoms with van der Waals surface area (Å²) < 4.78 is 5.96. The van der Waals surface area contributed by atoms with Gasteiger partial charge >= 0.3 is 0 Å². The maximum Gasteiger partial charge on any atom is 0.134 e. The topological polar surface area (TPSA) is 25.2 Å². The predicted molar refractivity (Wildman–Crippen MR) is 84.9 cm³/mol. The Labute approximate surface area is 119 Å². The summed E-state index contributed by atoms with van der Waals surface area (Å²) in [6.45, 7) is 6.62. The summed E-state index contributed by atoms with van der Waals surface area (Å²) in [7, 11) is 2.00. The van der Waals surface area contributed by atoms with Crippen molar-refractivity contribution in [1.29, 1.82) is 0 Å². The van der Waals surface area contributed by atoms with Gasteiger partial charge in [0.25, 0.3) is 0 Å². The SMILES string of the molecule is CNC(CSCC(C)C)c1cc2cc(C)ccc2o1. The molecule has 0 amide bonds. The Hall–Kier alpha value is -0.930. The molecule has 0 aliphatic heterocycles. The van der Waals surface area contributed by atoms with Gasteiger partial charge in [0.05, 0.1) is 6.04 Å². The van der Waals surface area contributed by atoms with E-state index in [1.807, 2.05) is 18.8 Å². The molecule has 0 spiro atoms. The minimum absolute atomic E-state index is 0.288. The number of rotatable bonds is 6. The van der Waals surface area contributed by atoms with Crippen molar-refractivity contribution in [3.63, 3.8) is 0 Å². The first-order valence-electron chi connectivity index (χ1n) is 6.85. The molecule has 2 nitrogen and oxygen atoms in total. The number of benzene rings is 1. The quantitative estimate of drug-likeness (QED) is 0.847. The molecule has 0 bridgehead atoms. The second-order valence-corrected chi connectivity index (χ2v) is 6.54. The Kier molecular flexibility index (Phi) is 4.94. The molecule has 0 saturated carbocycles. The van der Waals surface area contributed by atoms with Crippen LogP contribution in [0, 0.1) is 12.8 Å². The lowest BCUT2D eigenvalue weighted by Gasteiger charge is -2.13. The lowest BCUT2D eigenvalue weighted by molar-refractivity contribution is 0.479. The van der Waals surface area contributed by atoms with Gasteiger partial charge in [0, 0.05) is 11.1 Å². The molecule has 0 fully saturated rings. The van der Waals surface area contributed by atoms with Gasteiger partial charge < -0.3 is 9.73 Å². The monoisotopic (exact) mass is 277 g/mol. The van der Waals surface area contributed by atoms with Crippen LogP contribution in [-0.4, -0.2) is 18.6 Å². The number of thioether (sulfide) groups is 1. The molecule has 1 aromatic carbocycles. The predicted octanol–water partition coefficient (Wildman–Crippen LogP) is 4.39. The largest absolute Gasteiger partial charge is 0.459 e. The molecule has 2 rings (SSSR count). The van der Waals surface area contributed by atoms with E-state index in [1.54, 1.807) is 0 Å². The molecule has 0 aliphatic carbocycles. The molecule has 19 heavy (non-hydrogen) atoms. The fourth-order valence-corrected chi connectivity index (χ4v) is 3.26. The summed E-state index contributed by atoms with van der Waals surface area (Å²) in [5.74, 6) is 4.02. The van der Waals surface area contributed by atoms with E-state index < -0.39 is 0 Å². The van der Waals surface area contributed by atoms with E-state index in [1.165, 1.54) is 16.7 Å². The van der Waals surface area contributed by atoms with Crippen molar-refractivity contribution in [3.8, 4) is 0 Å². The number of hydrogen-bond acceptors (Lipinski definition) is 3. The molecule has 0 aliphatic rings. The van der Waals surface area contributed by atoms with Gasteiger partial charge in [0.1, 0.15) is 11.3 Å². The van der Waals surface area contributed by atoms with E-state index in [0.717, 1.165) is 23.0 Å². The average molecular weight is 277 g/mol. The van der Waals surface area contributed by atoms with Crippen LogP contribution in [0.5, 0.6) is 0 Å². The van der Waals surface area contributed by atoms with Crippen LogP contribution in [0.4, 0.5) is 0 Å². The van der Waals surface area contributed by atoms with Crippen molar-refractivity contribution < 1.29 is 4.42 Å². The molecule has 1 unspecified atom stereocenters. The molecule has 0 saturated heterocycles. The van der Waals surface area contributed by atoms with Crippen molar-refractivity contribution >= 4 is 22.7 Å². The Balaban J connectivity index is 2.11. The van der Waals surface area contributed by atoms with Gasteiger partial charge in [-0.25, -0.2) is 0 Å². The summed E-state index contributed by atoms with van der Waals surface area (Å²) in [6, 6.07) is 8.78. The van der Waals surface area contributed by atoms with Crippen molar-refractivity contribution in [3.05, 3.63) is 35.6 Å². The zero-order valence-corrected chi connectivity index (χ0v) is 13.0. The fraction of sp³-hybridized carbons (Fsp3) is 0.500. The van der Waals surface area contributed by atoms with Gasteiger partial charge in [-0.3, -0.25) is 0 Å². The highest BCUT2D eigenvalue weighted by molar-refractivity contribution is 7.99. The van der Waals surface area contributed by atoms with Crippen LogP contribution >= 0.6 is 11.8 Å². The van der Waals surface area contributed by atoms with Gasteiger partial charge in [-0.05, 0) is 43.8 Å². The molecule has 1 N–H and O–H groups in total. The van der Waals surface area contributed by atoms with Crippen LogP contribution in [0.15, 0.2) is 28.7 Å². The second-order valence-electron chi connectivity index (χ2n) is 5.46. The molecule has 1 heterocycles. The van der Waals surface area contributed by atoms with Gasteiger partial charge in [-0.2, -0.15) is 11.8 Å². The minimum atomic E-state index is 0.288. The number of nitrogens with one attached hydrogen (secondary N) is 1. The Bertz CT molecular complexity index is 533. The summed E-state index contributed by atoms with van der Waals surface area (Å²) in [5, 5.41) is 4.55. The van der Waals surface area contributed by atoms with E-state index >= 15 is 0 Å². The summed E-state index contributed by atoms with van der Waals surface area (Å²) >= 11 is 1.98. The Morgan fingerprint density at radius 2 is 2.00 bits per heavy atom. The van der Waals surface area contributed by atoms with Crippen LogP contribution in [0.2, 0.25) is 0 Å². The Morgan fingerprint density at radius 3 is 2.68 bits per heavy atom. The zero-order valence-electron chi connectivity index (χ0n) is 12.2. The summed E-state index contributed by atoms with van der Waals surface area (Å²) in [6.07, 6.45) is 0. The maximum absolute atomic E-state index is 5.96. The van der Waals surface area contributed by atoms with E-state index in [4.69, 9.17) is 4.42 Å². The van der Waals surface area contributed by atoms with E-state index in [0.29, 0.717) is 0 Å². The van der Waals surface area contributed by atoms with Crippen LogP contribution < -0.4 is 5.32 Å². The third-order valence-electron chi connectivity index (χ3n) is 3.12. The number of furan rings is 1. The molecule has 104 valence electrons. The van der Waals surface area contributed by atoms with Crippen molar-refractivity contribution in [2.75, 3.05) is 18.6 Å². The zero-order chi connectivity index (χ0) is 13.8. The Morgan fingerprint density at radius 1 is 1.21 bits per heavy atom. The first-order chi connectivity index (χ1) is 9.10. The van der Waals surface area contributed by atoms with Crippen LogP contribution in [0.1, 0.15) is 31.2 Å². The highest BCUT2D eigenvalue weighted by Gasteiger charge is 2.14. The third kappa shape index (κ3) is 3.77. The average Bonchev–Trinajstić information content (AvgIpc) is 2.76. The first-order valence-corrected chi connectivity index (χ1v) is 8.00. The van der Waals surface area contributed by atoms with Crippen LogP contribution in [0.25, 0.3) is 11.0 Å². The van der Waals surface area contributed by atoms with Crippen LogP contribution in [-0.2, 0) is 0 Å². The summed E-state index contributed by atoms with van der Waals surface area (Å²) in [5.41, 5.74) is 2.25. The number of aryl methyl sites for hydroxylation is 1. The molecular weight excluding hydrogens is 254 g/mol. The number of fused-ring (bicyclic) bond motifs is 1. The van der Waals surface area contributed by atoms with E-state index in [-0.39, 0.29) is 6.04 Å². The maximum atomic E-state index is 5.96. The third-order valence-corrected chi connectivity index (χ3v) is 4.59. The van der Waals surface area contributed by atoms with Gasteiger partial charge in [-0.15, -0.1) is 0 Å². The van der Waals surface area contributed by atoms with Gasteiger partial charge in [0.15, 0.2) is 0 Å². The highest BCUT2D eigenvalue weighted by atomic mass is 32.2.